The molecule has 0 spiro atoms. The van der Waals surface area contributed by atoms with Crippen molar-refractivity contribution < 1.29 is 13.7 Å². The predicted molar refractivity (Wildman–Crippen MR) is 95.6 cm³/mol. The Bertz CT molecular complexity index is 1080. The molecule has 4 rings (SSSR count). The van der Waals surface area contributed by atoms with Crippen molar-refractivity contribution in [3.05, 3.63) is 71.6 Å². The van der Waals surface area contributed by atoms with Crippen LogP contribution in [0, 0.1) is 12.7 Å². The molecule has 0 saturated heterocycles. The first-order valence-corrected chi connectivity index (χ1v) is 8.62. The molecule has 0 aliphatic carbocycles. The number of hydrogen-bond acceptors (Lipinski definition) is 6. The zero-order chi connectivity index (χ0) is 18.1. The van der Waals surface area contributed by atoms with Crippen molar-refractivity contribution in [1.82, 2.24) is 15.1 Å². The van der Waals surface area contributed by atoms with Gasteiger partial charge in [-0.25, -0.2) is 9.37 Å². The maximum atomic E-state index is 13.5. The number of carbonyl (C=O) groups is 1. The molecular formula is C18H13FN4O2S. The summed E-state index contributed by atoms with van der Waals surface area (Å²) in [4.78, 5) is 23.0. The van der Waals surface area contributed by atoms with Gasteiger partial charge in [-0.1, -0.05) is 22.6 Å². The van der Waals surface area contributed by atoms with Gasteiger partial charge in [-0.05, 0) is 36.8 Å². The number of aryl methyl sites for hydroxylation is 1. The van der Waals surface area contributed by atoms with Gasteiger partial charge >= 0.3 is 0 Å². The Kier molecular flexibility index (Phi) is 4.18. The Balaban J connectivity index is 1.76. The van der Waals surface area contributed by atoms with Crippen molar-refractivity contribution in [3.8, 4) is 0 Å². The molecule has 4 aromatic rings. The Morgan fingerprint density at radius 1 is 1.31 bits per heavy atom. The topological polar surface area (TPSA) is 72.1 Å². The molecule has 8 heteroatoms. The second kappa shape index (κ2) is 6.64. The maximum absolute atomic E-state index is 13.5. The highest BCUT2D eigenvalue weighted by Gasteiger charge is 2.24. The first kappa shape index (κ1) is 16.3. The molecule has 1 amide bonds. The van der Waals surface area contributed by atoms with Crippen molar-refractivity contribution in [1.29, 1.82) is 0 Å². The third-order valence-corrected chi connectivity index (χ3v) is 4.77. The van der Waals surface area contributed by atoms with E-state index in [4.69, 9.17) is 4.52 Å². The summed E-state index contributed by atoms with van der Waals surface area (Å²) in [5.74, 6) is -0.142. The van der Waals surface area contributed by atoms with Gasteiger partial charge < -0.3 is 4.52 Å². The minimum absolute atomic E-state index is 0.192. The largest absolute Gasteiger partial charge is 0.361 e. The number of thiazole rings is 1. The van der Waals surface area contributed by atoms with Gasteiger partial charge in [0.2, 0.25) is 0 Å². The van der Waals surface area contributed by atoms with Crippen molar-refractivity contribution in [2.75, 3.05) is 4.90 Å². The summed E-state index contributed by atoms with van der Waals surface area (Å²) < 4.78 is 19.2. The van der Waals surface area contributed by atoms with E-state index < -0.39 is 0 Å². The van der Waals surface area contributed by atoms with Gasteiger partial charge in [0.25, 0.3) is 5.91 Å². The van der Waals surface area contributed by atoms with Crippen LogP contribution in [0.2, 0.25) is 0 Å². The summed E-state index contributed by atoms with van der Waals surface area (Å²) in [6.07, 6.45) is 3.35. The van der Waals surface area contributed by atoms with E-state index in [9.17, 15) is 9.18 Å². The Morgan fingerprint density at radius 2 is 2.19 bits per heavy atom. The van der Waals surface area contributed by atoms with Crippen LogP contribution in [0.15, 0.2) is 53.3 Å². The van der Waals surface area contributed by atoms with E-state index in [0.717, 1.165) is 5.56 Å². The molecule has 0 radical (unpaired) electrons. The molecule has 1 aromatic carbocycles. The van der Waals surface area contributed by atoms with Gasteiger partial charge in [0.05, 0.1) is 16.8 Å². The Hall–Kier alpha value is -3.13. The van der Waals surface area contributed by atoms with E-state index >= 15 is 0 Å². The number of aromatic nitrogens is 3. The van der Waals surface area contributed by atoms with Crippen LogP contribution in [-0.2, 0) is 6.54 Å². The molecule has 26 heavy (non-hydrogen) atoms. The highest BCUT2D eigenvalue weighted by Crippen LogP contribution is 2.31. The smallest absolute Gasteiger partial charge is 0.282 e. The molecule has 0 aliphatic heterocycles. The fourth-order valence-corrected chi connectivity index (χ4v) is 3.50. The lowest BCUT2D eigenvalue weighted by molar-refractivity contribution is 0.0976. The summed E-state index contributed by atoms with van der Waals surface area (Å²) in [5.41, 5.74) is 1.66. The molecule has 0 aliphatic rings. The fraction of sp³-hybridized carbons (Fsp3) is 0.111. The quantitative estimate of drug-likeness (QED) is 0.545. The summed E-state index contributed by atoms with van der Waals surface area (Å²) in [7, 11) is 0. The SMILES string of the molecule is Cc1cc(C(=O)N(Cc2cccnc2)c2nc3ccc(F)cc3s2)no1. The van der Waals surface area contributed by atoms with Crippen LogP contribution in [-0.4, -0.2) is 21.0 Å². The first-order valence-electron chi connectivity index (χ1n) is 7.80. The molecule has 0 atom stereocenters. The third-order valence-electron chi connectivity index (χ3n) is 3.73. The maximum Gasteiger partial charge on any atom is 0.282 e. The Morgan fingerprint density at radius 3 is 2.92 bits per heavy atom. The lowest BCUT2D eigenvalue weighted by atomic mass is 10.2. The number of hydrogen-bond donors (Lipinski definition) is 0. The summed E-state index contributed by atoms with van der Waals surface area (Å²) in [6.45, 7) is 1.98. The normalized spacial score (nSPS) is 11.0. The van der Waals surface area contributed by atoms with E-state index in [1.807, 2.05) is 6.07 Å². The van der Waals surface area contributed by atoms with Gasteiger partial charge in [-0.15, -0.1) is 0 Å². The third kappa shape index (κ3) is 3.18. The van der Waals surface area contributed by atoms with E-state index in [2.05, 4.69) is 15.1 Å². The molecule has 0 saturated carbocycles. The van der Waals surface area contributed by atoms with Gasteiger partial charge in [-0.2, -0.15) is 0 Å². The molecule has 0 fully saturated rings. The Labute approximate surface area is 151 Å². The number of carbonyl (C=O) groups excluding carboxylic acids is 1. The number of fused-ring (bicyclic) bond motifs is 1. The summed E-state index contributed by atoms with van der Waals surface area (Å²) >= 11 is 1.24. The average molecular weight is 368 g/mol. The van der Waals surface area contributed by atoms with Gasteiger partial charge in [-0.3, -0.25) is 14.7 Å². The lowest BCUT2D eigenvalue weighted by Gasteiger charge is -2.18. The van der Waals surface area contributed by atoms with E-state index in [1.54, 1.807) is 37.5 Å². The van der Waals surface area contributed by atoms with E-state index in [0.29, 0.717) is 21.1 Å². The molecule has 3 aromatic heterocycles. The molecule has 6 nitrogen and oxygen atoms in total. The highest BCUT2D eigenvalue weighted by molar-refractivity contribution is 7.22. The van der Waals surface area contributed by atoms with Crippen LogP contribution < -0.4 is 4.90 Å². The predicted octanol–water partition coefficient (Wildman–Crippen LogP) is 3.97. The van der Waals surface area contributed by atoms with Gasteiger partial charge in [0.15, 0.2) is 10.8 Å². The molecule has 130 valence electrons. The second-order valence-electron chi connectivity index (χ2n) is 5.68. The number of pyridine rings is 1. The molecule has 0 unspecified atom stereocenters. The van der Waals surface area contributed by atoms with Crippen molar-refractivity contribution in [2.45, 2.75) is 13.5 Å². The molecule has 0 N–H and O–H groups in total. The van der Waals surface area contributed by atoms with Crippen LogP contribution in [0.5, 0.6) is 0 Å². The van der Waals surface area contributed by atoms with Crippen molar-refractivity contribution in [2.24, 2.45) is 0 Å². The minimum Gasteiger partial charge on any atom is -0.361 e. The number of rotatable bonds is 4. The summed E-state index contributed by atoms with van der Waals surface area (Å²) in [6, 6.07) is 9.59. The van der Waals surface area contributed by atoms with Crippen molar-refractivity contribution in [3.63, 3.8) is 0 Å². The van der Waals surface area contributed by atoms with Gasteiger partial charge in [0.1, 0.15) is 11.6 Å². The molecular weight excluding hydrogens is 355 g/mol. The van der Waals surface area contributed by atoms with Crippen molar-refractivity contribution >= 4 is 32.6 Å². The number of benzene rings is 1. The van der Waals surface area contributed by atoms with E-state index in [-0.39, 0.29) is 24.0 Å². The number of amides is 1. The van der Waals surface area contributed by atoms with Crippen LogP contribution in [0.1, 0.15) is 21.8 Å². The zero-order valence-electron chi connectivity index (χ0n) is 13.7. The average Bonchev–Trinajstić information content (AvgIpc) is 3.25. The molecule has 3 heterocycles. The van der Waals surface area contributed by atoms with Crippen LogP contribution >= 0.6 is 11.3 Å². The summed E-state index contributed by atoms with van der Waals surface area (Å²) in [5, 5.41) is 4.27. The van der Waals surface area contributed by atoms with Crippen LogP contribution in [0.25, 0.3) is 10.2 Å². The second-order valence-corrected chi connectivity index (χ2v) is 6.69. The zero-order valence-corrected chi connectivity index (χ0v) is 14.5. The number of halogens is 1. The fourth-order valence-electron chi connectivity index (χ4n) is 2.51. The lowest BCUT2D eigenvalue weighted by Crippen LogP contribution is -2.30. The highest BCUT2D eigenvalue weighted by atomic mass is 32.1. The van der Waals surface area contributed by atoms with Gasteiger partial charge in [0, 0.05) is 18.5 Å². The van der Waals surface area contributed by atoms with E-state index in [1.165, 1.54) is 28.4 Å². The number of anilines is 1. The standard InChI is InChI=1S/C18H13FN4O2S/c1-11-7-15(22-25-11)17(24)23(10-12-3-2-6-20-9-12)18-21-14-5-4-13(19)8-16(14)26-18/h2-9H,10H2,1H3. The monoisotopic (exact) mass is 368 g/mol. The minimum atomic E-state index is -0.343. The molecule has 0 bridgehead atoms. The first-order chi connectivity index (χ1) is 12.6. The van der Waals surface area contributed by atoms with Crippen LogP contribution in [0.3, 0.4) is 0 Å². The number of nitrogens with zero attached hydrogens (tertiary/aromatic N) is 4. The van der Waals surface area contributed by atoms with Crippen LogP contribution in [0.4, 0.5) is 9.52 Å².